The molecule has 0 amide bonds. The summed E-state index contributed by atoms with van der Waals surface area (Å²) < 4.78 is 5.00. The minimum atomic E-state index is -0.328. The number of H-pyrrole nitrogens is 1. The van der Waals surface area contributed by atoms with Gasteiger partial charge in [0.1, 0.15) is 5.56 Å². The first-order valence-electron chi connectivity index (χ1n) is 6.06. The second kappa shape index (κ2) is 6.27. The van der Waals surface area contributed by atoms with Crippen LogP contribution < -0.4 is 5.32 Å². The first-order valence-corrected chi connectivity index (χ1v) is 6.06. The number of aromatic amines is 1. The van der Waals surface area contributed by atoms with E-state index in [0.717, 1.165) is 18.7 Å². The second-order valence-corrected chi connectivity index (χ2v) is 4.19. The van der Waals surface area contributed by atoms with Crippen LogP contribution >= 0.6 is 0 Å². The SMILES string of the molecule is CCOC(=O)c1c(NCC(C)CC)n[nH]c1C. The zero-order valence-electron chi connectivity index (χ0n) is 11.0. The number of carbonyl (C=O) groups excluding carboxylic acids is 1. The van der Waals surface area contributed by atoms with Crippen LogP contribution in [0.2, 0.25) is 0 Å². The van der Waals surface area contributed by atoms with Crippen LogP contribution in [0.5, 0.6) is 0 Å². The average molecular weight is 239 g/mol. The first-order chi connectivity index (χ1) is 8.10. The predicted molar refractivity (Wildman–Crippen MR) is 67.2 cm³/mol. The lowest BCUT2D eigenvalue weighted by Gasteiger charge is -2.10. The minimum Gasteiger partial charge on any atom is -0.462 e. The van der Waals surface area contributed by atoms with Crippen molar-refractivity contribution in [1.82, 2.24) is 10.2 Å². The summed E-state index contributed by atoms with van der Waals surface area (Å²) in [5, 5.41) is 10.1. The van der Waals surface area contributed by atoms with Crippen LogP contribution in [0.25, 0.3) is 0 Å². The molecule has 1 atom stereocenters. The smallest absolute Gasteiger partial charge is 0.343 e. The molecule has 0 saturated heterocycles. The topological polar surface area (TPSA) is 67.0 Å². The van der Waals surface area contributed by atoms with Gasteiger partial charge in [-0.2, -0.15) is 5.10 Å². The van der Waals surface area contributed by atoms with Gasteiger partial charge in [0, 0.05) is 12.2 Å². The number of ether oxygens (including phenoxy) is 1. The summed E-state index contributed by atoms with van der Waals surface area (Å²) in [6.07, 6.45) is 1.09. The molecule has 0 saturated carbocycles. The summed E-state index contributed by atoms with van der Waals surface area (Å²) in [6.45, 7) is 9.06. The zero-order valence-corrected chi connectivity index (χ0v) is 11.0. The summed E-state index contributed by atoms with van der Waals surface area (Å²) >= 11 is 0. The molecule has 1 aromatic heterocycles. The third-order valence-corrected chi connectivity index (χ3v) is 2.74. The third-order valence-electron chi connectivity index (χ3n) is 2.74. The van der Waals surface area contributed by atoms with Gasteiger partial charge in [0.15, 0.2) is 5.82 Å². The van der Waals surface area contributed by atoms with Crippen LogP contribution in [0.15, 0.2) is 0 Å². The lowest BCUT2D eigenvalue weighted by atomic mass is 10.1. The number of anilines is 1. The van der Waals surface area contributed by atoms with Gasteiger partial charge >= 0.3 is 5.97 Å². The second-order valence-electron chi connectivity index (χ2n) is 4.19. The number of carbonyl (C=O) groups is 1. The summed E-state index contributed by atoms with van der Waals surface area (Å²) in [5.74, 6) is 0.800. The van der Waals surface area contributed by atoms with Gasteiger partial charge < -0.3 is 10.1 Å². The maximum Gasteiger partial charge on any atom is 0.343 e. The number of nitrogens with zero attached hydrogens (tertiary/aromatic N) is 1. The fraction of sp³-hybridized carbons (Fsp3) is 0.667. The number of esters is 1. The van der Waals surface area contributed by atoms with Crippen molar-refractivity contribution in [1.29, 1.82) is 0 Å². The Labute approximate surface area is 102 Å². The molecule has 0 bridgehead atoms. The van der Waals surface area contributed by atoms with E-state index in [0.29, 0.717) is 23.9 Å². The Morgan fingerprint density at radius 2 is 2.24 bits per heavy atom. The summed E-state index contributed by atoms with van der Waals surface area (Å²) in [5.41, 5.74) is 1.24. The molecule has 0 spiro atoms. The lowest BCUT2D eigenvalue weighted by molar-refractivity contribution is 0.0526. The number of hydrogen-bond acceptors (Lipinski definition) is 4. The maximum atomic E-state index is 11.7. The molecule has 2 N–H and O–H groups in total. The van der Waals surface area contributed by atoms with Gasteiger partial charge in [-0.05, 0) is 19.8 Å². The van der Waals surface area contributed by atoms with Crippen molar-refractivity contribution < 1.29 is 9.53 Å². The van der Waals surface area contributed by atoms with E-state index in [1.54, 1.807) is 6.92 Å². The maximum absolute atomic E-state index is 11.7. The molecule has 1 unspecified atom stereocenters. The highest BCUT2D eigenvalue weighted by Gasteiger charge is 2.19. The van der Waals surface area contributed by atoms with Gasteiger partial charge in [0.2, 0.25) is 0 Å². The van der Waals surface area contributed by atoms with Crippen molar-refractivity contribution in [2.24, 2.45) is 5.92 Å². The normalized spacial score (nSPS) is 12.2. The zero-order chi connectivity index (χ0) is 12.8. The fourth-order valence-electron chi connectivity index (χ4n) is 1.43. The van der Waals surface area contributed by atoms with Crippen LogP contribution in [-0.2, 0) is 4.74 Å². The quantitative estimate of drug-likeness (QED) is 0.748. The van der Waals surface area contributed by atoms with E-state index in [1.807, 2.05) is 6.92 Å². The van der Waals surface area contributed by atoms with Crippen molar-refractivity contribution in [2.75, 3.05) is 18.5 Å². The molecule has 5 nitrogen and oxygen atoms in total. The predicted octanol–water partition coefficient (Wildman–Crippen LogP) is 2.35. The number of aromatic nitrogens is 2. The number of nitrogens with one attached hydrogen (secondary N) is 2. The van der Waals surface area contributed by atoms with E-state index in [2.05, 4.69) is 29.4 Å². The summed E-state index contributed by atoms with van der Waals surface area (Å²) in [6, 6.07) is 0. The molecule has 0 aliphatic heterocycles. The number of hydrogen-bond donors (Lipinski definition) is 2. The highest BCUT2D eigenvalue weighted by Crippen LogP contribution is 2.17. The van der Waals surface area contributed by atoms with Crippen LogP contribution in [0.3, 0.4) is 0 Å². The van der Waals surface area contributed by atoms with E-state index < -0.39 is 0 Å². The molecule has 0 fully saturated rings. The molecule has 1 aromatic rings. The molecule has 0 aliphatic carbocycles. The summed E-state index contributed by atoms with van der Waals surface area (Å²) in [7, 11) is 0. The van der Waals surface area contributed by atoms with Crippen LogP contribution in [0.4, 0.5) is 5.82 Å². The molecule has 0 aliphatic rings. The van der Waals surface area contributed by atoms with E-state index in [4.69, 9.17) is 4.74 Å². The Bertz CT molecular complexity index is 374. The molecule has 1 rings (SSSR count). The molecule has 96 valence electrons. The number of rotatable bonds is 6. The fourth-order valence-corrected chi connectivity index (χ4v) is 1.43. The number of aryl methyl sites for hydroxylation is 1. The Morgan fingerprint density at radius 3 is 2.82 bits per heavy atom. The van der Waals surface area contributed by atoms with Gasteiger partial charge in [-0.25, -0.2) is 4.79 Å². The summed E-state index contributed by atoms with van der Waals surface area (Å²) in [4.78, 5) is 11.7. The molecule has 0 radical (unpaired) electrons. The largest absolute Gasteiger partial charge is 0.462 e. The monoisotopic (exact) mass is 239 g/mol. The van der Waals surface area contributed by atoms with E-state index in [1.165, 1.54) is 0 Å². The van der Waals surface area contributed by atoms with Crippen molar-refractivity contribution in [2.45, 2.75) is 34.1 Å². The first kappa shape index (κ1) is 13.5. The van der Waals surface area contributed by atoms with Crippen molar-refractivity contribution >= 4 is 11.8 Å². The van der Waals surface area contributed by atoms with Crippen molar-refractivity contribution in [3.63, 3.8) is 0 Å². The Hall–Kier alpha value is -1.52. The Kier molecular flexibility index (Phi) is 5.00. The van der Waals surface area contributed by atoms with Crippen LogP contribution in [-0.4, -0.2) is 29.3 Å². The highest BCUT2D eigenvalue weighted by molar-refractivity contribution is 5.95. The standard InChI is InChI=1S/C12H21N3O2/c1-5-8(3)7-13-11-10(9(4)14-15-11)12(16)17-6-2/h8H,5-7H2,1-4H3,(H2,13,14,15). The van der Waals surface area contributed by atoms with Gasteiger partial charge in [0.05, 0.1) is 6.61 Å². The molecule has 0 aromatic carbocycles. The van der Waals surface area contributed by atoms with Crippen LogP contribution in [0, 0.1) is 12.8 Å². The van der Waals surface area contributed by atoms with Gasteiger partial charge in [-0.1, -0.05) is 20.3 Å². The van der Waals surface area contributed by atoms with Crippen molar-refractivity contribution in [3.8, 4) is 0 Å². The molecule has 17 heavy (non-hydrogen) atoms. The molecular weight excluding hydrogens is 218 g/mol. The van der Waals surface area contributed by atoms with Crippen molar-refractivity contribution in [3.05, 3.63) is 11.3 Å². The van der Waals surface area contributed by atoms with E-state index >= 15 is 0 Å². The van der Waals surface area contributed by atoms with Crippen LogP contribution in [0.1, 0.15) is 43.2 Å². The average Bonchev–Trinajstić information content (AvgIpc) is 2.67. The highest BCUT2D eigenvalue weighted by atomic mass is 16.5. The molecular formula is C12H21N3O2. The minimum absolute atomic E-state index is 0.328. The van der Waals surface area contributed by atoms with Gasteiger partial charge in [0.25, 0.3) is 0 Å². The van der Waals surface area contributed by atoms with E-state index in [9.17, 15) is 4.79 Å². The van der Waals surface area contributed by atoms with Gasteiger partial charge in [-0.15, -0.1) is 0 Å². The molecule has 1 heterocycles. The third kappa shape index (κ3) is 3.47. The Morgan fingerprint density at radius 1 is 1.53 bits per heavy atom. The van der Waals surface area contributed by atoms with Gasteiger partial charge in [-0.3, -0.25) is 5.10 Å². The van der Waals surface area contributed by atoms with E-state index in [-0.39, 0.29) is 5.97 Å². The molecule has 5 heteroatoms. The Balaban J connectivity index is 2.75. The lowest BCUT2D eigenvalue weighted by Crippen LogP contribution is -2.14.